The van der Waals surface area contributed by atoms with Gasteiger partial charge in [0.25, 0.3) is 0 Å². The molecule has 0 N–H and O–H groups in total. The van der Waals surface area contributed by atoms with Crippen molar-refractivity contribution < 1.29 is 4.84 Å². The Kier molecular flexibility index (Phi) is 8.42. The lowest BCUT2D eigenvalue weighted by Gasteiger charge is -1.95. The summed E-state index contributed by atoms with van der Waals surface area (Å²) in [5, 5.41) is 2.28. The van der Waals surface area contributed by atoms with Gasteiger partial charge in [-0.1, -0.05) is 6.42 Å². The minimum absolute atomic E-state index is 0.436. The quantitative estimate of drug-likeness (QED) is 0.252. The summed E-state index contributed by atoms with van der Waals surface area (Å²) in [5.74, 6) is 0.715. The first-order chi connectivity index (χ1) is 4.91. The number of halogens is 1. The average Bonchev–Trinajstić information content (AvgIpc) is 1.97. The highest BCUT2D eigenvalue weighted by Crippen LogP contribution is 2.00. The van der Waals surface area contributed by atoms with Gasteiger partial charge in [0, 0.05) is 5.88 Å². The van der Waals surface area contributed by atoms with E-state index in [0.29, 0.717) is 12.5 Å². The lowest BCUT2D eigenvalue weighted by molar-refractivity contribution is 0.135. The van der Waals surface area contributed by atoms with Gasteiger partial charge in [-0.05, 0) is 19.3 Å². The predicted octanol–water partition coefficient (Wildman–Crippen LogP) is 2.48. The zero-order chi connectivity index (χ0) is 7.66. The fourth-order valence-electron chi connectivity index (χ4n) is 0.652. The molecule has 0 unspecified atom stereocenters. The highest BCUT2D eigenvalue weighted by atomic mass is 35.5. The fourth-order valence-corrected chi connectivity index (χ4v) is 0.841. The van der Waals surface area contributed by atoms with Crippen LogP contribution in [0, 0.1) is 4.91 Å². The van der Waals surface area contributed by atoms with Gasteiger partial charge < -0.3 is 4.84 Å². The molecule has 0 aromatic heterocycles. The topological polar surface area (TPSA) is 38.7 Å². The third-order valence-corrected chi connectivity index (χ3v) is 1.44. The Morgan fingerprint density at radius 2 is 1.90 bits per heavy atom. The molecule has 0 atom stereocenters. The van der Waals surface area contributed by atoms with E-state index in [4.69, 9.17) is 11.6 Å². The van der Waals surface area contributed by atoms with Crippen molar-refractivity contribution in [3.05, 3.63) is 4.91 Å². The van der Waals surface area contributed by atoms with Crippen molar-refractivity contribution in [2.75, 3.05) is 12.5 Å². The molecule has 0 spiro atoms. The van der Waals surface area contributed by atoms with E-state index >= 15 is 0 Å². The van der Waals surface area contributed by atoms with Crippen molar-refractivity contribution in [3.63, 3.8) is 0 Å². The number of hydrogen-bond donors (Lipinski definition) is 0. The predicted molar refractivity (Wildman–Crippen MR) is 40.9 cm³/mol. The minimum Gasteiger partial charge on any atom is -0.364 e. The second-order valence-corrected chi connectivity index (χ2v) is 2.39. The van der Waals surface area contributed by atoms with Gasteiger partial charge in [-0.15, -0.1) is 16.5 Å². The highest BCUT2D eigenvalue weighted by Gasteiger charge is 1.88. The molecule has 10 heavy (non-hydrogen) atoms. The summed E-state index contributed by atoms with van der Waals surface area (Å²) in [6, 6.07) is 0. The van der Waals surface area contributed by atoms with E-state index in [1.54, 1.807) is 0 Å². The van der Waals surface area contributed by atoms with E-state index in [0.717, 1.165) is 25.7 Å². The van der Waals surface area contributed by atoms with Crippen LogP contribution in [0.25, 0.3) is 0 Å². The summed E-state index contributed by atoms with van der Waals surface area (Å²) in [6.07, 6.45) is 4.09. The van der Waals surface area contributed by atoms with Crippen LogP contribution in [0.5, 0.6) is 0 Å². The van der Waals surface area contributed by atoms with Gasteiger partial charge in [-0.2, -0.15) is 0 Å². The first kappa shape index (κ1) is 9.69. The SMILES string of the molecule is O=NOCCCCCCCl. The number of unbranched alkanes of at least 4 members (excludes halogenated alkanes) is 3. The van der Waals surface area contributed by atoms with Gasteiger partial charge in [0.2, 0.25) is 0 Å². The molecule has 0 rings (SSSR count). The molecule has 0 bridgehead atoms. The molecule has 0 heterocycles. The first-order valence-corrected chi connectivity index (χ1v) is 3.96. The van der Waals surface area contributed by atoms with Crippen LogP contribution in [0.3, 0.4) is 0 Å². The van der Waals surface area contributed by atoms with Crippen molar-refractivity contribution in [1.29, 1.82) is 0 Å². The zero-order valence-corrected chi connectivity index (χ0v) is 6.64. The molecule has 0 saturated heterocycles. The molecule has 0 aliphatic rings. The summed E-state index contributed by atoms with van der Waals surface area (Å²) in [7, 11) is 0. The fraction of sp³-hybridized carbons (Fsp3) is 1.00. The zero-order valence-electron chi connectivity index (χ0n) is 5.88. The number of rotatable bonds is 7. The van der Waals surface area contributed by atoms with Gasteiger partial charge in [0.15, 0.2) is 5.34 Å². The minimum atomic E-state index is 0.436. The lowest BCUT2D eigenvalue weighted by atomic mass is 10.2. The molecule has 0 aliphatic carbocycles. The molecule has 3 nitrogen and oxygen atoms in total. The normalized spacial score (nSPS) is 9.30. The maximum Gasteiger partial charge on any atom is 0.155 e. The first-order valence-electron chi connectivity index (χ1n) is 3.42. The van der Waals surface area contributed by atoms with Crippen LogP contribution in [0.1, 0.15) is 25.7 Å². The van der Waals surface area contributed by atoms with Crippen molar-refractivity contribution in [2.45, 2.75) is 25.7 Å². The highest BCUT2D eigenvalue weighted by molar-refractivity contribution is 6.17. The molecule has 0 aromatic rings. The van der Waals surface area contributed by atoms with E-state index < -0.39 is 0 Å². The van der Waals surface area contributed by atoms with Crippen molar-refractivity contribution in [1.82, 2.24) is 0 Å². The van der Waals surface area contributed by atoms with Gasteiger partial charge in [-0.25, -0.2) is 0 Å². The van der Waals surface area contributed by atoms with Crippen LogP contribution in [0.15, 0.2) is 5.34 Å². The summed E-state index contributed by atoms with van der Waals surface area (Å²) >= 11 is 5.44. The second-order valence-electron chi connectivity index (χ2n) is 2.01. The van der Waals surface area contributed by atoms with Crippen LogP contribution in [-0.4, -0.2) is 12.5 Å². The molecular weight excluding hydrogens is 154 g/mol. The Labute approximate surface area is 65.6 Å². The van der Waals surface area contributed by atoms with E-state index in [-0.39, 0.29) is 0 Å². The third kappa shape index (κ3) is 7.69. The van der Waals surface area contributed by atoms with Crippen LogP contribution in [0.4, 0.5) is 0 Å². The van der Waals surface area contributed by atoms with Gasteiger partial charge in [0.05, 0.1) is 0 Å². The monoisotopic (exact) mass is 165 g/mol. The van der Waals surface area contributed by atoms with Gasteiger partial charge >= 0.3 is 0 Å². The molecule has 0 aromatic carbocycles. The molecule has 0 saturated carbocycles. The van der Waals surface area contributed by atoms with E-state index in [1.807, 2.05) is 0 Å². The lowest BCUT2D eigenvalue weighted by Crippen LogP contribution is -1.87. The van der Waals surface area contributed by atoms with Crippen molar-refractivity contribution in [2.24, 2.45) is 5.34 Å². The van der Waals surface area contributed by atoms with Crippen molar-refractivity contribution in [3.8, 4) is 0 Å². The molecule has 0 aliphatic heterocycles. The van der Waals surface area contributed by atoms with Gasteiger partial charge in [0.1, 0.15) is 6.61 Å². The third-order valence-electron chi connectivity index (χ3n) is 1.17. The summed E-state index contributed by atoms with van der Waals surface area (Å²) in [5.41, 5.74) is 0. The van der Waals surface area contributed by atoms with Crippen LogP contribution in [0.2, 0.25) is 0 Å². The Morgan fingerprint density at radius 3 is 2.50 bits per heavy atom. The summed E-state index contributed by atoms with van der Waals surface area (Å²) in [6.45, 7) is 0.436. The molecule has 0 amide bonds. The number of nitrogens with zero attached hydrogens (tertiary/aromatic N) is 1. The molecule has 0 fully saturated rings. The number of hydrogen-bond acceptors (Lipinski definition) is 3. The standard InChI is InChI=1S/C6H12ClNO2/c7-5-3-1-2-4-6-10-8-9/h1-6H2. The smallest absolute Gasteiger partial charge is 0.155 e. The Balaban J connectivity index is 2.70. The van der Waals surface area contributed by atoms with Gasteiger partial charge in [-0.3, -0.25) is 0 Å². The maximum atomic E-state index is 9.40. The second kappa shape index (κ2) is 8.69. The molecule has 0 radical (unpaired) electrons. The maximum absolute atomic E-state index is 9.40. The van der Waals surface area contributed by atoms with Crippen molar-refractivity contribution >= 4 is 11.6 Å². The molecular formula is C6H12ClNO2. The van der Waals surface area contributed by atoms with Crippen LogP contribution in [-0.2, 0) is 4.84 Å². The Morgan fingerprint density at radius 1 is 1.20 bits per heavy atom. The summed E-state index contributed by atoms with van der Waals surface area (Å²) < 4.78 is 0. The van der Waals surface area contributed by atoms with Crippen LogP contribution < -0.4 is 0 Å². The number of alkyl halides is 1. The largest absolute Gasteiger partial charge is 0.364 e. The Hall–Kier alpha value is -0.310. The van der Waals surface area contributed by atoms with Crippen LogP contribution >= 0.6 is 11.6 Å². The average molecular weight is 166 g/mol. The Bertz CT molecular complexity index is 80.1. The van der Waals surface area contributed by atoms with E-state index in [9.17, 15) is 4.91 Å². The van der Waals surface area contributed by atoms with E-state index in [1.165, 1.54) is 0 Å². The summed E-state index contributed by atoms with van der Waals surface area (Å²) in [4.78, 5) is 13.7. The molecule has 60 valence electrons. The van der Waals surface area contributed by atoms with E-state index in [2.05, 4.69) is 10.2 Å². The molecule has 4 heteroatoms.